The number of piperidine rings is 1. The number of ether oxygens (including phenoxy) is 2. The molecule has 10 heteroatoms. The molecule has 2 aliphatic rings. The van der Waals surface area contributed by atoms with Crippen molar-refractivity contribution < 1.29 is 27.1 Å². The lowest BCUT2D eigenvalue weighted by Gasteiger charge is -2.42. The van der Waals surface area contributed by atoms with E-state index in [4.69, 9.17) is 21.1 Å². The van der Waals surface area contributed by atoms with E-state index in [9.17, 15) is 17.6 Å². The first kappa shape index (κ1) is 24.9. The van der Waals surface area contributed by atoms with Gasteiger partial charge in [0.1, 0.15) is 16.5 Å². The Balaban J connectivity index is 1.58. The quantitative estimate of drug-likeness (QED) is 0.569. The van der Waals surface area contributed by atoms with Crippen LogP contribution in [0.4, 0.5) is 4.39 Å². The highest BCUT2D eigenvalue weighted by atomic mass is 35.5. The first-order valence-electron chi connectivity index (χ1n) is 11.3. The molecule has 0 spiro atoms. The summed E-state index contributed by atoms with van der Waals surface area (Å²) in [4.78, 5) is 14.6. The molecule has 0 radical (unpaired) electrons. The molecule has 2 aromatic carbocycles. The van der Waals surface area contributed by atoms with Crippen molar-refractivity contribution in [2.24, 2.45) is 5.41 Å². The molecule has 0 N–H and O–H groups in total. The molecule has 1 amide bonds. The lowest BCUT2D eigenvalue weighted by atomic mass is 9.78. The van der Waals surface area contributed by atoms with Crippen LogP contribution in [0.2, 0.25) is 5.02 Å². The van der Waals surface area contributed by atoms with Crippen molar-refractivity contribution in [3.63, 3.8) is 0 Å². The van der Waals surface area contributed by atoms with Gasteiger partial charge >= 0.3 is 0 Å². The monoisotopic (exact) mass is 510 g/mol. The Kier molecular flexibility index (Phi) is 7.77. The van der Waals surface area contributed by atoms with Gasteiger partial charge in [0.2, 0.25) is 15.9 Å². The molecule has 0 aromatic heterocycles. The Labute approximate surface area is 204 Å². The number of nitrogens with zero attached hydrogens (tertiary/aromatic N) is 2. The van der Waals surface area contributed by atoms with Gasteiger partial charge in [0.25, 0.3) is 0 Å². The second kappa shape index (κ2) is 10.6. The van der Waals surface area contributed by atoms with Gasteiger partial charge < -0.3 is 14.4 Å². The second-order valence-corrected chi connectivity index (χ2v) is 11.1. The van der Waals surface area contributed by atoms with Gasteiger partial charge in [-0.05, 0) is 49.2 Å². The number of hydrogen-bond donors (Lipinski definition) is 0. The molecular formula is C24H28ClFN2O5S. The summed E-state index contributed by atoms with van der Waals surface area (Å²) in [5, 5.41) is 0.574. The molecule has 2 saturated heterocycles. The summed E-state index contributed by atoms with van der Waals surface area (Å²) in [6, 6.07) is 12.2. The number of benzene rings is 2. The van der Waals surface area contributed by atoms with Crippen LogP contribution in [-0.2, 0) is 19.6 Å². The Bertz CT molecular complexity index is 1110. The van der Waals surface area contributed by atoms with Crippen LogP contribution in [-0.4, -0.2) is 69.5 Å². The van der Waals surface area contributed by atoms with E-state index in [1.165, 1.54) is 22.5 Å². The molecular weight excluding hydrogens is 483 g/mol. The molecule has 0 aliphatic carbocycles. The molecule has 2 fully saturated rings. The Hall–Kier alpha value is -2.20. The highest BCUT2D eigenvalue weighted by Gasteiger charge is 2.43. The van der Waals surface area contributed by atoms with E-state index >= 15 is 0 Å². The molecule has 2 aliphatic heterocycles. The predicted octanol–water partition coefficient (Wildman–Crippen LogP) is 3.58. The minimum absolute atomic E-state index is 0.0619. The summed E-state index contributed by atoms with van der Waals surface area (Å²) in [6.45, 7) is 2.43. The Morgan fingerprint density at radius 2 is 1.79 bits per heavy atom. The minimum atomic E-state index is -4.07. The molecule has 34 heavy (non-hydrogen) atoms. The number of rotatable bonds is 7. The van der Waals surface area contributed by atoms with Crippen LogP contribution in [0.3, 0.4) is 0 Å². The van der Waals surface area contributed by atoms with Crippen molar-refractivity contribution in [3.05, 3.63) is 59.4 Å². The fourth-order valence-corrected chi connectivity index (χ4v) is 6.27. The second-order valence-electron chi connectivity index (χ2n) is 8.79. The van der Waals surface area contributed by atoms with E-state index in [0.717, 1.165) is 6.07 Å². The summed E-state index contributed by atoms with van der Waals surface area (Å²) in [5.74, 6) is -0.273. The van der Waals surface area contributed by atoms with Crippen LogP contribution in [0.5, 0.6) is 5.75 Å². The molecule has 0 saturated carbocycles. The standard InChI is InChI=1S/C24H28ClFN2O5S/c25-19-6-8-20(9-7-19)33-18-24(16-23(29)27-12-14-32-15-13-27)10-3-11-28(17-24)34(30,31)22-5-2-1-4-21(22)26/h1-2,4-9H,3,10-18H2. The highest BCUT2D eigenvalue weighted by molar-refractivity contribution is 7.89. The van der Waals surface area contributed by atoms with E-state index in [-0.39, 0.29) is 36.9 Å². The maximum Gasteiger partial charge on any atom is 0.246 e. The van der Waals surface area contributed by atoms with Gasteiger partial charge in [-0.15, -0.1) is 0 Å². The number of carbonyl (C=O) groups is 1. The van der Waals surface area contributed by atoms with E-state index in [0.29, 0.717) is 49.9 Å². The SMILES string of the molecule is O=C(CC1(COc2ccc(Cl)cc2)CCCN(S(=O)(=O)c2ccccc2F)C1)N1CCOCC1. The summed E-state index contributed by atoms with van der Waals surface area (Å²) >= 11 is 5.96. The van der Waals surface area contributed by atoms with Gasteiger partial charge in [-0.2, -0.15) is 4.31 Å². The third-order valence-corrected chi connectivity index (χ3v) is 8.46. The van der Waals surface area contributed by atoms with Crippen molar-refractivity contribution in [3.8, 4) is 5.75 Å². The predicted molar refractivity (Wildman–Crippen MR) is 126 cm³/mol. The van der Waals surface area contributed by atoms with Crippen molar-refractivity contribution in [1.82, 2.24) is 9.21 Å². The average molecular weight is 511 g/mol. The molecule has 7 nitrogen and oxygen atoms in total. The van der Waals surface area contributed by atoms with Gasteiger partial charge in [-0.25, -0.2) is 12.8 Å². The average Bonchev–Trinajstić information content (AvgIpc) is 2.84. The largest absolute Gasteiger partial charge is 0.493 e. The van der Waals surface area contributed by atoms with E-state index < -0.39 is 21.3 Å². The van der Waals surface area contributed by atoms with Gasteiger partial charge in [0.05, 0.1) is 19.8 Å². The summed E-state index contributed by atoms with van der Waals surface area (Å²) in [7, 11) is -4.07. The number of carbonyl (C=O) groups excluding carboxylic acids is 1. The fourth-order valence-electron chi connectivity index (χ4n) is 4.49. The van der Waals surface area contributed by atoms with Crippen molar-refractivity contribution >= 4 is 27.5 Å². The number of halogens is 2. The van der Waals surface area contributed by atoms with Crippen LogP contribution >= 0.6 is 11.6 Å². The number of morpholine rings is 1. The summed E-state index contributed by atoms with van der Waals surface area (Å²) in [5.41, 5.74) is -0.758. The van der Waals surface area contributed by atoms with Crippen molar-refractivity contribution in [2.75, 3.05) is 46.0 Å². The first-order valence-corrected chi connectivity index (χ1v) is 13.1. The molecule has 1 atom stereocenters. The number of sulfonamides is 1. The summed E-state index contributed by atoms with van der Waals surface area (Å²) < 4.78 is 53.7. The number of hydrogen-bond acceptors (Lipinski definition) is 5. The third-order valence-electron chi connectivity index (χ3n) is 6.33. The van der Waals surface area contributed by atoms with Crippen LogP contribution in [0, 0.1) is 11.2 Å². The van der Waals surface area contributed by atoms with Crippen LogP contribution in [0.25, 0.3) is 0 Å². The lowest BCUT2D eigenvalue weighted by molar-refractivity contribution is -0.139. The van der Waals surface area contributed by atoms with Gasteiger partial charge in [0.15, 0.2) is 0 Å². The van der Waals surface area contributed by atoms with Gasteiger partial charge in [0, 0.05) is 43.0 Å². The van der Waals surface area contributed by atoms with Gasteiger partial charge in [-0.3, -0.25) is 4.79 Å². The topological polar surface area (TPSA) is 76.2 Å². The Morgan fingerprint density at radius 3 is 2.50 bits per heavy atom. The van der Waals surface area contributed by atoms with Crippen LogP contribution in [0.15, 0.2) is 53.4 Å². The minimum Gasteiger partial charge on any atom is -0.493 e. The van der Waals surface area contributed by atoms with Gasteiger partial charge in [-0.1, -0.05) is 23.7 Å². The van der Waals surface area contributed by atoms with Crippen LogP contribution < -0.4 is 4.74 Å². The van der Waals surface area contributed by atoms with E-state index in [1.54, 1.807) is 29.2 Å². The first-order chi connectivity index (χ1) is 16.3. The number of amides is 1. The molecule has 2 aromatic rings. The smallest absolute Gasteiger partial charge is 0.246 e. The normalized spacial score (nSPS) is 21.9. The lowest BCUT2D eigenvalue weighted by Crippen LogP contribution is -2.52. The van der Waals surface area contributed by atoms with Crippen LogP contribution in [0.1, 0.15) is 19.3 Å². The van der Waals surface area contributed by atoms with E-state index in [2.05, 4.69) is 0 Å². The zero-order valence-electron chi connectivity index (χ0n) is 18.8. The van der Waals surface area contributed by atoms with Crippen molar-refractivity contribution in [2.45, 2.75) is 24.2 Å². The zero-order valence-corrected chi connectivity index (χ0v) is 20.4. The fraction of sp³-hybridized carbons (Fsp3) is 0.458. The summed E-state index contributed by atoms with van der Waals surface area (Å²) in [6.07, 6.45) is 1.28. The zero-order chi connectivity index (χ0) is 24.2. The molecule has 0 bridgehead atoms. The highest BCUT2D eigenvalue weighted by Crippen LogP contribution is 2.38. The van der Waals surface area contributed by atoms with Crippen molar-refractivity contribution in [1.29, 1.82) is 0 Å². The molecule has 184 valence electrons. The maximum atomic E-state index is 14.4. The molecule has 2 heterocycles. The third kappa shape index (κ3) is 5.71. The molecule has 1 unspecified atom stereocenters. The Morgan fingerprint density at radius 1 is 1.09 bits per heavy atom. The van der Waals surface area contributed by atoms with E-state index in [1.807, 2.05) is 0 Å². The maximum absolute atomic E-state index is 14.4. The molecule has 4 rings (SSSR count).